The summed E-state index contributed by atoms with van der Waals surface area (Å²) in [6.07, 6.45) is 3.38. The van der Waals surface area contributed by atoms with Gasteiger partial charge in [0.15, 0.2) is 0 Å². The van der Waals surface area contributed by atoms with E-state index in [0.717, 1.165) is 50.1 Å². The normalized spacial score (nSPS) is 18.8. The van der Waals surface area contributed by atoms with E-state index in [1.165, 1.54) is 11.6 Å². The molecule has 1 saturated carbocycles. The van der Waals surface area contributed by atoms with Gasteiger partial charge >= 0.3 is 12.3 Å². The first kappa shape index (κ1) is 28.7. The summed E-state index contributed by atoms with van der Waals surface area (Å²) in [4.78, 5) is 25.7. The van der Waals surface area contributed by atoms with E-state index in [-0.39, 0.29) is 18.0 Å². The van der Waals surface area contributed by atoms with Gasteiger partial charge in [-0.2, -0.15) is 13.2 Å². The van der Waals surface area contributed by atoms with Crippen LogP contribution in [0, 0.1) is 0 Å². The molecule has 7 nitrogen and oxygen atoms in total. The van der Waals surface area contributed by atoms with E-state index in [0.29, 0.717) is 24.1 Å². The minimum Gasteiger partial charge on any atom is -0.439 e. The molecule has 2 unspecified atom stereocenters. The Hall–Kier alpha value is -4.44. The molecule has 0 spiro atoms. The molecule has 1 aliphatic heterocycles. The van der Waals surface area contributed by atoms with Gasteiger partial charge in [0.2, 0.25) is 5.88 Å². The van der Waals surface area contributed by atoms with Crippen LogP contribution < -0.4 is 9.47 Å². The van der Waals surface area contributed by atoms with Crippen LogP contribution in [0.15, 0.2) is 97.5 Å². The lowest BCUT2D eigenvalue weighted by molar-refractivity contribution is -0.137. The number of rotatable bonds is 8. The second-order valence-corrected chi connectivity index (χ2v) is 10.9. The van der Waals surface area contributed by atoms with Crippen LogP contribution in [0.5, 0.6) is 17.4 Å². The number of alkyl halides is 3. The number of aromatic nitrogens is 2. The van der Waals surface area contributed by atoms with Crippen molar-refractivity contribution in [2.45, 2.75) is 56.5 Å². The number of pyridine rings is 2. The lowest BCUT2D eigenvalue weighted by Crippen LogP contribution is -2.49. The Kier molecular flexibility index (Phi) is 8.29. The molecule has 0 radical (unpaired) electrons. The van der Waals surface area contributed by atoms with Crippen molar-refractivity contribution in [1.82, 2.24) is 19.8 Å². The van der Waals surface area contributed by atoms with E-state index in [4.69, 9.17) is 9.47 Å². The Labute approximate surface area is 247 Å². The summed E-state index contributed by atoms with van der Waals surface area (Å²) in [6.45, 7) is 1.36. The molecular weight excluding hydrogens is 557 g/mol. The first-order valence-corrected chi connectivity index (χ1v) is 14.3. The molecule has 4 aromatic rings. The Morgan fingerprint density at radius 3 is 2.28 bits per heavy atom. The van der Waals surface area contributed by atoms with Crippen LogP contribution in [0.4, 0.5) is 18.0 Å². The average Bonchev–Trinajstić information content (AvgIpc) is 3.86. The van der Waals surface area contributed by atoms with Crippen molar-refractivity contribution in [2.24, 2.45) is 0 Å². The van der Waals surface area contributed by atoms with Crippen molar-refractivity contribution in [3.63, 3.8) is 0 Å². The van der Waals surface area contributed by atoms with Crippen LogP contribution in [0.2, 0.25) is 0 Å². The third-order valence-electron chi connectivity index (χ3n) is 7.91. The molecule has 2 atom stereocenters. The largest absolute Gasteiger partial charge is 0.439 e. The molecule has 6 rings (SSSR count). The van der Waals surface area contributed by atoms with Gasteiger partial charge in [0.25, 0.3) is 0 Å². The molecule has 0 N–H and O–H groups in total. The maximum absolute atomic E-state index is 13.4. The third-order valence-corrected chi connectivity index (χ3v) is 7.91. The van der Waals surface area contributed by atoms with Crippen LogP contribution in [-0.2, 0) is 12.7 Å². The minimum atomic E-state index is -4.47. The molecule has 1 aliphatic carbocycles. The highest BCUT2D eigenvalue weighted by Gasteiger charge is 2.40. The zero-order valence-electron chi connectivity index (χ0n) is 23.4. The predicted octanol–water partition coefficient (Wildman–Crippen LogP) is 7.66. The summed E-state index contributed by atoms with van der Waals surface area (Å²) in [5.74, 6) is 0.972. The number of piperidine rings is 1. The van der Waals surface area contributed by atoms with Gasteiger partial charge in [-0.05, 0) is 79.3 Å². The topological polar surface area (TPSA) is 67.8 Å². The fraction of sp³-hybridized carbons (Fsp3) is 0.303. The highest BCUT2D eigenvalue weighted by molar-refractivity contribution is 5.71. The molecule has 0 bridgehead atoms. The van der Waals surface area contributed by atoms with Gasteiger partial charge in [-0.3, -0.25) is 9.88 Å². The maximum atomic E-state index is 13.4. The van der Waals surface area contributed by atoms with Crippen LogP contribution in [0.3, 0.4) is 0 Å². The summed E-state index contributed by atoms with van der Waals surface area (Å²) in [5.41, 5.74) is 1.29. The van der Waals surface area contributed by atoms with Crippen molar-refractivity contribution >= 4 is 6.09 Å². The van der Waals surface area contributed by atoms with Crippen molar-refractivity contribution in [3.8, 4) is 17.4 Å². The molecule has 43 heavy (non-hydrogen) atoms. The SMILES string of the molecule is O=C(Oc1ccccc1)N1CCC(N(Cc2ccncc2)C2CC2)CC1c1ccc(Oc2ccc(C(F)(F)F)cn2)cc1. The lowest BCUT2D eigenvalue weighted by Gasteiger charge is -2.43. The second-order valence-electron chi connectivity index (χ2n) is 10.9. The Balaban J connectivity index is 1.22. The molecule has 2 aromatic carbocycles. The number of benzene rings is 2. The zero-order chi connectivity index (χ0) is 29.8. The average molecular weight is 589 g/mol. The minimum absolute atomic E-state index is 0.0581. The Bertz CT molecular complexity index is 1500. The third kappa shape index (κ3) is 7.14. The summed E-state index contributed by atoms with van der Waals surface area (Å²) in [5, 5.41) is 0. The van der Waals surface area contributed by atoms with E-state index < -0.39 is 17.8 Å². The standard InChI is InChI=1S/C33H31F3N4O3/c34-33(35,36)25-8-13-31(38-21-25)42-29-11-6-24(7-12-29)30-20-27(40(26-9-10-26)22-23-14-17-37-18-15-23)16-19-39(30)32(41)43-28-4-2-1-3-5-28/h1-8,11-15,17-18,21,26-27,30H,9-10,16,19-20,22H2. The number of hydrogen-bond donors (Lipinski definition) is 0. The molecule has 1 saturated heterocycles. The molecule has 2 aromatic heterocycles. The Morgan fingerprint density at radius 1 is 0.884 bits per heavy atom. The number of nitrogens with zero attached hydrogens (tertiary/aromatic N) is 4. The van der Waals surface area contributed by atoms with E-state index in [2.05, 4.69) is 14.9 Å². The number of hydrogen-bond acceptors (Lipinski definition) is 6. The summed E-state index contributed by atoms with van der Waals surface area (Å²) in [6, 6.07) is 23.0. The molecule has 1 amide bonds. The number of carbonyl (C=O) groups is 1. The molecule has 3 heterocycles. The quantitative estimate of drug-likeness (QED) is 0.211. The highest BCUT2D eigenvalue weighted by atomic mass is 19.4. The van der Waals surface area contributed by atoms with E-state index in [1.54, 1.807) is 29.2 Å². The summed E-state index contributed by atoms with van der Waals surface area (Å²) >= 11 is 0. The summed E-state index contributed by atoms with van der Waals surface area (Å²) in [7, 11) is 0. The predicted molar refractivity (Wildman–Crippen MR) is 153 cm³/mol. The van der Waals surface area contributed by atoms with Gasteiger partial charge in [0.05, 0.1) is 11.6 Å². The van der Waals surface area contributed by atoms with Crippen LogP contribution >= 0.6 is 0 Å². The van der Waals surface area contributed by atoms with Gasteiger partial charge in [0, 0.05) is 49.8 Å². The van der Waals surface area contributed by atoms with Gasteiger partial charge in [-0.25, -0.2) is 9.78 Å². The first-order chi connectivity index (χ1) is 20.8. The van der Waals surface area contributed by atoms with Crippen molar-refractivity contribution in [3.05, 3.63) is 114 Å². The maximum Gasteiger partial charge on any atom is 0.417 e. The number of carbonyl (C=O) groups excluding carboxylic acids is 1. The fourth-order valence-corrected chi connectivity index (χ4v) is 5.58. The number of likely N-dealkylation sites (tertiary alicyclic amines) is 1. The van der Waals surface area contributed by atoms with Crippen molar-refractivity contribution in [2.75, 3.05) is 6.54 Å². The van der Waals surface area contributed by atoms with E-state index in [1.807, 2.05) is 54.9 Å². The first-order valence-electron chi connectivity index (χ1n) is 14.3. The monoisotopic (exact) mass is 588 g/mol. The Morgan fingerprint density at radius 2 is 1.63 bits per heavy atom. The van der Waals surface area contributed by atoms with E-state index >= 15 is 0 Å². The second kappa shape index (κ2) is 12.4. The molecular formula is C33H31F3N4O3. The fourth-order valence-electron chi connectivity index (χ4n) is 5.58. The van der Waals surface area contributed by atoms with Gasteiger partial charge in [-0.1, -0.05) is 30.3 Å². The zero-order valence-corrected chi connectivity index (χ0v) is 23.4. The van der Waals surface area contributed by atoms with Gasteiger partial charge in [0.1, 0.15) is 11.5 Å². The molecule has 2 fully saturated rings. The molecule has 10 heteroatoms. The van der Waals surface area contributed by atoms with Crippen molar-refractivity contribution < 1.29 is 27.4 Å². The van der Waals surface area contributed by atoms with Crippen molar-refractivity contribution in [1.29, 1.82) is 0 Å². The van der Waals surface area contributed by atoms with Crippen LogP contribution in [0.25, 0.3) is 0 Å². The molecule has 2 aliphatic rings. The van der Waals surface area contributed by atoms with Crippen LogP contribution in [-0.4, -0.2) is 44.5 Å². The summed E-state index contributed by atoms with van der Waals surface area (Å²) < 4.78 is 50.1. The highest BCUT2D eigenvalue weighted by Crippen LogP contribution is 2.40. The molecule has 222 valence electrons. The number of ether oxygens (including phenoxy) is 2. The number of para-hydroxylation sites is 1. The smallest absolute Gasteiger partial charge is 0.417 e. The van der Waals surface area contributed by atoms with Gasteiger partial charge < -0.3 is 14.4 Å². The number of halogens is 3. The number of amides is 1. The lowest BCUT2D eigenvalue weighted by atomic mass is 9.90. The van der Waals surface area contributed by atoms with Crippen LogP contribution in [0.1, 0.15) is 48.4 Å². The van der Waals surface area contributed by atoms with E-state index in [9.17, 15) is 18.0 Å². The van der Waals surface area contributed by atoms with Gasteiger partial charge in [-0.15, -0.1) is 0 Å².